The lowest BCUT2D eigenvalue weighted by Gasteiger charge is -2.13. The Bertz CT molecular complexity index is 564. The normalized spacial score (nSPS) is 11.6. The molecule has 3 heteroatoms. The fourth-order valence-corrected chi connectivity index (χ4v) is 1.81. The lowest BCUT2D eigenvalue weighted by molar-refractivity contribution is -0.117. The minimum atomic E-state index is -0.581. The maximum Gasteiger partial charge on any atom is 0.292 e. The molecule has 2 rings (SSSR count). The van der Waals surface area contributed by atoms with Crippen LogP contribution in [0.5, 0.6) is 0 Å². The van der Waals surface area contributed by atoms with Gasteiger partial charge in [-0.05, 0) is 12.5 Å². The lowest BCUT2D eigenvalue weighted by atomic mass is 10.1. The molecule has 0 aliphatic carbocycles. The zero-order chi connectivity index (χ0) is 13.7. The Balaban J connectivity index is 2.04. The number of hydrogen-bond acceptors (Lipinski definition) is 2. The Hall–Kier alpha value is -2.42. The Kier molecular flexibility index (Phi) is 4.08. The van der Waals surface area contributed by atoms with Crippen molar-refractivity contribution < 1.29 is 9.59 Å². The van der Waals surface area contributed by atoms with Gasteiger partial charge >= 0.3 is 0 Å². The molecule has 0 radical (unpaired) electrons. The molecule has 0 bridgehead atoms. The molecule has 0 spiro atoms. The second kappa shape index (κ2) is 5.96. The largest absolute Gasteiger partial charge is 0.343 e. The van der Waals surface area contributed by atoms with Crippen molar-refractivity contribution in [3.8, 4) is 0 Å². The third-order valence-corrected chi connectivity index (χ3v) is 2.89. The van der Waals surface area contributed by atoms with E-state index >= 15 is 0 Å². The van der Waals surface area contributed by atoms with E-state index in [0.29, 0.717) is 5.56 Å². The van der Waals surface area contributed by atoms with E-state index in [-0.39, 0.29) is 6.04 Å². The first-order chi connectivity index (χ1) is 9.18. The van der Waals surface area contributed by atoms with E-state index in [0.717, 1.165) is 5.56 Å². The number of amides is 1. The summed E-state index contributed by atoms with van der Waals surface area (Å²) in [6, 6.07) is 17.9. The molecule has 0 aromatic heterocycles. The number of benzene rings is 2. The standard InChI is InChI=1S/C16H15NO2/c1-12(13-8-4-2-5-9-13)17-16(19)15(18)14-10-6-3-7-11-14/h2-12H,1H3,(H,17,19). The van der Waals surface area contributed by atoms with Crippen molar-refractivity contribution in [3.05, 3.63) is 71.8 Å². The molecule has 3 nitrogen and oxygen atoms in total. The van der Waals surface area contributed by atoms with E-state index in [9.17, 15) is 9.59 Å². The van der Waals surface area contributed by atoms with Gasteiger partial charge < -0.3 is 5.32 Å². The van der Waals surface area contributed by atoms with Crippen LogP contribution in [-0.4, -0.2) is 11.7 Å². The van der Waals surface area contributed by atoms with Gasteiger partial charge in [-0.2, -0.15) is 0 Å². The van der Waals surface area contributed by atoms with Gasteiger partial charge in [-0.1, -0.05) is 60.7 Å². The number of Topliss-reactive ketones (excluding diaryl/α,β-unsaturated/α-hetero) is 1. The van der Waals surface area contributed by atoms with Gasteiger partial charge in [0.1, 0.15) is 0 Å². The highest BCUT2D eigenvalue weighted by atomic mass is 16.2. The zero-order valence-electron chi connectivity index (χ0n) is 10.7. The van der Waals surface area contributed by atoms with E-state index in [2.05, 4.69) is 5.32 Å². The second-order valence-corrected chi connectivity index (χ2v) is 4.30. The van der Waals surface area contributed by atoms with Crippen LogP contribution >= 0.6 is 0 Å². The van der Waals surface area contributed by atoms with Gasteiger partial charge in [0.05, 0.1) is 6.04 Å². The van der Waals surface area contributed by atoms with Crippen LogP contribution < -0.4 is 5.32 Å². The van der Waals surface area contributed by atoms with Crippen molar-refractivity contribution in [2.45, 2.75) is 13.0 Å². The molecule has 0 saturated carbocycles. The van der Waals surface area contributed by atoms with Gasteiger partial charge in [0, 0.05) is 5.56 Å². The minimum absolute atomic E-state index is 0.193. The average molecular weight is 253 g/mol. The number of carbonyl (C=O) groups excluding carboxylic acids is 2. The average Bonchev–Trinajstić information content (AvgIpc) is 2.48. The molecule has 2 aromatic carbocycles. The van der Waals surface area contributed by atoms with Gasteiger partial charge in [0.2, 0.25) is 5.78 Å². The minimum Gasteiger partial charge on any atom is -0.343 e. The summed E-state index contributed by atoms with van der Waals surface area (Å²) in [5.41, 5.74) is 1.37. The number of nitrogens with one attached hydrogen (secondary N) is 1. The highest BCUT2D eigenvalue weighted by Gasteiger charge is 2.18. The SMILES string of the molecule is CC(NC(=O)C(=O)c1ccccc1)c1ccccc1. The first-order valence-electron chi connectivity index (χ1n) is 6.13. The summed E-state index contributed by atoms with van der Waals surface area (Å²) in [6.07, 6.45) is 0. The first-order valence-corrected chi connectivity index (χ1v) is 6.13. The van der Waals surface area contributed by atoms with Gasteiger partial charge in [0.25, 0.3) is 5.91 Å². The molecular formula is C16H15NO2. The first kappa shape index (κ1) is 13.0. The number of ketones is 1. The van der Waals surface area contributed by atoms with Gasteiger partial charge in [0.15, 0.2) is 0 Å². The second-order valence-electron chi connectivity index (χ2n) is 4.30. The van der Waals surface area contributed by atoms with Crippen molar-refractivity contribution >= 4 is 11.7 Å². The number of hydrogen-bond donors (Lipinski definition) is 1. The smallest absolute Gasteiger partial charge is 0.292 e. The summed E-state index contributed by atoms with van der Waals surface area (Å²) in [7, 11) is 0. The fourth-order valence-electron chi connectivity index (χ4n) is 1.81. The highest BCUT2D eigenvalue weighted by Crippen LogP contribution is 2.11. The van der Waals surface area contributed by atoms with Crippen LogP contribution in [0, 0.1) is 0 Å². The van der Waals surface area contributed by atoms with Gasteiger partial charge in [-0.25, -0.2) is 0 Å². The third kappa shape index (κ3) is 3.28. The summed E-state index contributed by atoms with van der Waals surface area (Å²) in [5.74, 6) is -1.09. The van der Waals surface area contributed by atoms with Gasteiger partial charge in [-0.3, -0.25) is 9.59 Å². The van der Waals surface area contributed by atoms with E-state index in [1.165, 1.54) is 0 Å². The molecule has 1 N–H and O–H groups in total. The van der Waals surface area contributed by atoms with Crippen LogP contribution in [0.3, 0.4) is 0 Å². The highest BCUT2D eigenvalue weighted by molar-refractivity contribution is 6.42. The monoisotopic (exact) mass is 253 g/mol. The Morgan fingerprint density at radius 3 is 2.00 bits per heavy atom. The Morgan fingerprint density at radius 2 is 1.42 bits per heavy atom. The Morgan fingerprint density at radius 1 is 0.895 bits per heavy atom. The van der Waals surface area contributed by atoms with Crippen LogP contribution in [-0.2, 0) is 4.79 Å². The molecular weight excluding hydrogens is 238 g/mol. The predicted octanol–water partition coefficient (Wildman–Crippen LogP) is 2.75. The molecule has 0 heterocycles. The van der Waals surface area contributed by atoms with Crippen molar-refractivity contribution in [2.75, 3.05) is 0 Å². The molecule has 1 unspecified atom stereocenters. The molecule has 0 aliphatic rings. The molecule has 1 atom stereocenters. The van der Waals surface area contributed by atoms with E-state index in [1.807, 2.05) is 37.3 Å². The molecule has 2 aromatic rings. The van der Waals surface area contributed by atoms with Crippen molar-refractivity contribution in [1.29, 1.82) is 0 Å². The topological polar surface area (TPSA) is 46.2 Å². The lowest BCUT2D eigenvalue weighted by Crippen LogP contribution is -2.33. The summed E-state index contributed by atoms with van der Waals surface area (Å²) in [4.78, 5) is 23.8. The molecule has 0 fully saturated rings. The summed E-state index contributed by atoms with van der Waals surface area (Å²) >= 11 is 0. The molecule has 96 valence electrons. The van der Waals surface area contributed by atoms with Crippen LogP contribution in [0.15, 0.2) is 60.7 Å². The summed E-state index contributed by atoms with van der Waals surface area (Å²) < 4.78 is 0. The van der Waals surface area contributed by atoms with Crippen molar-refractivity contribution in [1.82, 2.24) is 5.32 Å². The Labute approximate surface area is 112 Å². The summed E-state index contributed by atoms with van der Waals surface area (Å²) in [6.45, 7) is 1.85. The van der Waals surface area contributed by atoms with Crippen LogP contribution in [0.25, 0.3) is 0 Å². The third-order valence-electron chi connectivity index (χ3n) is 2.89. The maximum absolute atomic E-state index is 11.9. The molecule has 0 aliphatic heterocycles. The van der Waals surface area contributed by atoms with E-state index in [1.54, 1.807) is 30.3 Å². The maximum atomic E-state index is 11.9. The summed E-state index contributed by atoms with van der Waals surface area (Å²) in [5, 5.41) is 2.71. The van der Waals surface area contributed by atoms with E-state index < -0.39 is 11.7 Å². The zero-order valence-corrected chi connectivity index (χ0v) is 10.7. The molecule has 1 amide bonds. The van der Waals surface area contributed by atoms with Crippen molar-refractivity contribution in [3.63, 3.8) is 0 Å². The predicted molar refractivity (Wildman–Crippen MR) is 73.8 cm³/mol. The van der Waals surface area contributed by atoms with Crippen molar-refractivity contribution in [2.24, 2.45) is 0 Å². The van der Waals surface area contributed by atoms with E-state index in [4.69, 9.17) is 0 Å². The molecule has 19 heavy (non-hydrogen) atoms. The fraction of sp³-hybridized carbons (Fsp3) is 0.125. The van der Waals surface area contributed by atoms with Crippen LogP contribution in [0.1, 0.15) is 28.9 Å². The van der Waals surface area contributed by atoms with Gasteiger partial charge in [-0.15, -0.1) is 0 Å². The van der Waals surface area contributed by atoms with Crippen LogP contribution in [0.4, 0.5) is 0 Å². The number of carbonyl (C=O) groups is 2. The van der Waals surface area contributed by atoms with Crippen LogP contribution in [0.2, 0.25) is 0 Å². The number of rotatable bonds is 4. The quantitative estimate of drug-likeness (QED) is 0.672. The molecule has 0 saturated heterocycles.